The van der Waals surface area contributed by atoms with E-state index < -0.39 is 0 Å². The number of aliphatic hydroxyl groups excluding tert-OH is 1. The van der Waals surface area contributed by atoms with Gasteiger partial charge in [0.05, 0.1) is 0 Å². The van der Waals surface area contributed by atoms with Crippen LogP contribution in [-0.4, -0.2) is 40.6 Å². The molecule has 1 rings (SSSR count). The maximum absolute atomic E-state index is 12.5. The Bertz CT molecular complexity index is 496. The SMILES string of the molecule is CCC(CC)CN(CC)C(=O)c1ccc(C#CCO)cn1. The summed E-state index contributed by atoms with van der Waals surface area (Å²) in [6.45, 7) is 7.57. The van der Waals surface area contributed by atoms with Crippen molar-refractivity contribution in [2.75, 3.05) is 19.7 Å². The summed E-state index contributed by atoms with van der Waals surface area (Å²) in [6.07, 6.45) is 3.72. The third-order valence-corrected chi connectivity index (χ3v) is 3.60. The number of nitrogens with zero attached hydrogens (tertiary/aromatic N) is 2. The van der Waals surface area contributed by atoms with Crippen LogP contribution in [0.4, 0.5) is 0 Å². The van der Waals surface area contributed by atoms with Crippen LogP contribution in [0.5, 0.6) is 0 Å². The highest BCUT2D eigenvalue weighted by Crippen LogP contribution is 2.12. The Morgan fingerprint density at radius 2 is 2.05 bits per heavy atom. The molecular formula is C17H24N2O2. The van der Waals surface area contributed by atoms with E-state index in [9.17, 15) is 4.79 Å². The fourth-order valence-electron chi connectivity index (χ4n) is 2.11. The second kappa shape index (κ2) is 9.15. The highest BCUT2D eigenvalue weighted by Gasteiger charge is 2.18. The standard InChI is InChI=1S/C17H24N2O2/c1-4-14(5-2)13-19(6-3)17(21)16-10-9-15(12-18-16)8-7-11-20/h9-10,12,14,20H,4-6,11,13H2,1-3H3. The number of rotatable bonds is 6. The first-order valence-electron chi connectivity index (χ1n) is 7.51. The van der Waals surface area contributed by atoms with E-state index in [1.54, 1.807) is 18.3 Å². The molecule has 0 aliphatic heterocycles. The van der Waals surface area contributed by atoms with E-state index in [0.717, 1.165) is 19.4 Å². The molecule has 0 saturated heterocycles. The quantitative estimate of drug-likeness (QED) is 0.817. The van der Waals surface area contributed by atoms with E-state index in [4.69, 9.17) is 5.11 Å². The molecule has 1 amide bonds. The number of carbonyl (C=O) groups is 1. The summed E-state index contributed by atoms with van der Waals surface area (Å²) in [5.41, 5.74) is 1.14. The van der Waals surface area contributed by atoms with E-state index in [1.807, 2.05) is 11.8 Å². The van der Waals surface area contributed by atoms with Crippen molar-refractivity contribution in [3.05, 3.63) is 29.6 Å². The van der Waals surface area contributed by atoms with Crippen molar-refractivity contribution in [3.8, 4) is 11.8 Å². The summed E-state index contributed by atoms with van der Waals surface area (Å²) in [6, 6.07) is 3.45. The number of pyridine rings is 1. The van der Waals surface area contributed by atoms with Crippen molar-refractivity contribution in [1.29, 1.82) is 0 Å². The molecule has 0 saturated carbocycles. The Kier molecular flexibility index (Phi) is 7.49. The fourth-order valence-corrected chi connectivity index (χ4v) is 2.11. The van der Waals surface area contributed by atoms with Crippen LogP contribution in [0.1, 0.15) is 49.7 Å². The molecule has 0 atom stereocenters. The maximum Gasteiger partial charge on any atom is 0.272 e. The molecule has 114 valence electrons. The average molecular weight is 288 g/mol. The summed E-state index contributed by atoms with van der Waals surface area (Å²) >= 11 is 0. The van der Waals surface area contributed by atoms with Crippen LogP contribution in [0.3, 0.4) is 0 Å². The molecule has 0 aliphatic carbocycles. The van der Waals surface area contributed by atoms with Gasteiger partial charge in [-0.15, -0.1) is 0 Å². The van der Waals surface area contributed by atoms with Crippen molar-refractivity contribution < 1.29 is 9.90 Å². The lowest BCUT2D eigenvalue weighted by atomic mass is 10.0. The van der Waals surface area contributed by atoms with Gasteiger partial charge in [0.1, 0.15) is 12.3 Å². The normalized spacial score (nSPS) is 10.1. The molecule has 1 aromatic rings. The van der Waals surface area contributed by atoms with Gasteiger partial charge in [0.25, 0.3) is 5.91 Å². The van der Waals surface area contributed by atoms with E-state index >= 15 is 0 Å². The van der Waals surface area contributed by atoms with Gasteiger partial charge in [0.15, 0.2) is 0 Å². The zero-order chi connectivity index (χ0) is 15.7. The Balaban J connectivity index is 2.80. The summed E-state index contributed by atoms with van der Waals surface area (Å²) in [5.74, 6) is 5.82. The summed E-state index contributed by atoms with van der Waals surface area (Å²) in [5, 5.41) is 8.65. The van der Waals surface area contributed by atoms with Crippen LogP contribution in [0.25, 0.3) is 0 Å². The lowest BCUT2D eigenvalue weighted by molar-refractivity contribution is 0.0729. The minimum atomic E-state index is -0.181. The number of hydrogen-bond acceptors (Lipinski definition) is 3. The number of carbonyl (C=O) groups excluding carboxylic acids is 1. The topological polar surface area (TPSA) is 53.4 Å². The van der Waals surface area contributed by atoms with Crippen LogP contribution in [-0.2, 0) is 0 Å². The van der Waals surface area contributed by atoms with Gasteiger partial charge in [0, 0.05) is 24.8 Å². The Hall–Kier alpha value is -1.86. The van der Waals surface area contributed by atoms with Gasteiger partial charge in [-0.25, -0.2) is 4.98 Å². The molecule has 4 nitrogen and oxygen atoms in total. The first kappa shape index (κ1) is 17.2. The van der Waals surface area contributed by atoms with Crippen molar-refractivity contribution in [2.24, 2.45) is 5.92 Å². The predicted octanol–water partition coefficient (Wildman–Crippen LogP) is 2.32. The summed E-state index contributed by atoms with van der Waals surface area (Å²) < 4.78 is 0. The average Bonchev–Trinajstić information content (AvgIpc) is 2.54. The maximum atomic E-state index is 12.5. The molecular weight excluding hydrogens is 264 g/mol. The van der Waals surface area contributed by atoms with Crippen LogP contribution in [0.2, 0.25) is 0 Å². The molecule has 1 N–H and O–H groups in total. The molecule has 0 aromatic carbocycles. The summed E-state index contributed by atoms with van der Waals surface area (Å²) in [7, 11) is 0. The third kappa shape index (κ3) is 5.20. The van der Waals surface area contributed by atoms with E-state index in [-0.39, 0.29) is 12.5 Å². The zero-order valence-electron chi connectivity index (χ0n) is 13.1. The predicted molar refractivity (Wildman–Crippen MR) is 83.9 cm³/mol. The second-order valence-corrected chi connectivity index (χ2v) is 4.92. The molecule has 0 spiro atoms. The van der Waals surface area contributed by atoms with Crippen LogP contribution in [0, 0.1) is 17.8 Å². The molecule has 0 bridgehead atoms. The number of aromatic nitrogens is 1. The molecule has 0 unspecified atom stereocenters. The molecule has 1 aromatic heterocycles. The molecule has 1 heterocycles. The van der Waals surface area contributed by atoms with Crippen molar-refractivity contribution in [2.45, 2.75) is 33.6 Å². The van der Waals surface area contributed by atoms with Gasteiger partial charge in [-0.2, -0.15) is 0 Å². The zero-order valence-corrected chi connectivity index (χ0v) is 13.1. The minimum absolute atomic E-state index is 0.0360. The van der Waals surface area contributed by atoms with E-state index in [1.165, 1.54) is 0 Å². The largest absolute Gasteiger partial charge is 0.384 e. The minimum Gasteiger partial charge on any atom is -0.384 e. The monoisotopic (exact) mass is 288 g/mol. The van der Waals surface area contributed by atoms with Crippen LogP contribution in [0.15, 0.2) is 18.3 Å². The van der Waals surface area contributed by atoms with Gasteiger partial charge >= 0.3 is 0 Å². The smallest absolute Gasteiger partial charge is 0.272 e. The lowest BCUT2D eigenvalue weighted by Crippen LogP contribution is -2.35. The molecule has 0 aliphatic rings. The first-order chi connectivity index (χ1) is 10.2. The lowest BCUT2D eigenvalue weighted by Gasteiger charge is -2.25. The van der Waals surface area contributed by atoms with E-state index in [0.29, 0.717) is 23.7 Å². The Morgan fingerprint density at radius 1 is 1.33 bits per heavy atom. The van der Waals surface area contributed by atoms with Crippen molar-refractivity contribution >= 4 is 5.91 Å². The van der Waals surface area contributed by atoms with Gasteiger partial charge in [0.2, 0.25) is 0 Å². The number of aliphatic hydroxyl groups is 1. The molecule has 0 fully saturated rings. The van der Waals surface area contributed by atoms with Gasteiger partial charge < -0.3 is 10.0 Å². The molecule has 4 heteroatoms. The Morgan fingerprint density at radius 3 is 2.52 bits per heavy atom. The van der Waals surface area contributed by atoms with Gasteiger partial charge in [-0.3, -0.25) is 4.79 Å². The number of amides is 1. The van der Waals surface area contributed by atoms with Crippen molar-refractivity contribution in [3.63, 3.8) is 0 Å². The first-order valence-corrected chi connectivity index (χ1v) is 7.51. The highest BCUT2D eigenvalue weighted by molar-refractivity contribution is 5.92. The van der Waals surface area contributed by atoms with Gasteiger partial charge in [-0.1, -0.05) is 38.5 Å². The second-order valence-electron chi connectivity index (χ2n) is 4.92. The fraction of sp³-hybridized carbons (Fsp3) is 0.529. The third-order valence-electron chi connectivity index (χ3n) is 3.60. The molecule has 0 radical (unpaired) electrons. The van der Waals surface area contributed by atoms with Crippen LogP contribution < -0.4 is 0 Å². The highest BCUT2D eigenvalue weighted by atomic mass is 16.2. The van der Waals surface area contributed by atoms with Gasteiger partial charge in [-0.05, 0) is 25.0 Å². The van der Waals surface area contributed by atoms with Crippen LogP contribution >= 0.6 is 0 Å². The molecule has 21 heavy (non-hydrogen) atoms. The summed E-state index contributed by atoms with van der Waals surface area (Å²) in [4.78, 5) is 18.5. The van der Waals surface area contributed by atoms with Crippen molar-refractivity contribution in [1.82, 2.24) is 9.88 Å². The Labute approximate surface area is 127 Å². The number of hydrogen-bond donors (Lipinski definition) is 1. The van der Waals surface area contributed by atoms with E-state index in [2.05, 4.69) is 30.7 Å².